The van der Waals surface area contributed by atoms with Crippen molar-refractivity contribution in [2.24, 2.45) is 0 Å². The summed E-state index contributed by atoms with van der Waals surface area (Å²) in [6, 6.07) is 17.3. The fraction of sp³-hybridized carbons (Fsp3) is 0.143. The molecule has 0 atom stereocenters. The van der Waals surface area contributed by atoms with Gasteiger partial charge in [-0.3, -0.25) is 0 Å². The molecule has 0 saturated carbocycles. The Morgan fingerprint density at radius 3 is 1.07 bits per heavy atom. The lowest BCUT2D eigenvalue weighted by molar-refractivity contribution is 1.45. The molecule has 0 fully saturated rings. The van der Waals surface area contributed by atoms with Crippen molar-refractivity contribution in [1.29, 1.82) is 0 Å². The van der Waals surface area contributed by atoms with Gasteiger partial charge in [-0.25, -0.2) is 0 Å². The van der Waals surface area contributed by atoms with Crippen molar-refractivity contribution in [2.45, 2.75) is 13.8 Å². The molecule has 0 radical (unpaired) electrons. The van der Waals surface area contributed by atoms with Crippen LogP contribution in [0.3, 0.4) is 0 Å². The Hall–Kier alpha value is -1.56. The highest BCUT2D eigenvalue weighted by molar-refractivity contribution is 5.63. The van der Waals surface area contributed by atoms with Crippen LogP contribution in [0.2, 0.25) is 0 Å². The van der Waals surface area contributed by atoms with Crippen molar-refractivity contribution in [2.75, 3.05) is 0 Å². The van der Waals surface area contributed by atoms with E-state index in [4.69, 9.17) is 0 Å². The normalized spacial score (nSPS) is 10.1. The smallest absolute Gasteiger partial charge is 0.0184 e. The second kappa shape index (κ2) is 3.67. The summed E-state index contributed by atoms with van der Waals surface area (Å²) in [5, 5.41) is 0. The molecule has 0 N–H and O–H groups in total. The summed E-state index contributed by atoms with van der Waals surface area (Å²) < 4.78 is 0. The summed E-state index contributed by atoms with van der Waals surface area (Å²) in [6.07, 6.45) is 0. The molecule has 0 saturated heterocycles. The predicted molar refractivity (Wildman–Crippen MR) is 61.4 cm³/mol. The third-order valence-corrected chi connectivity index (χ3v) is 2.44. The van der Waals surface area contributed by atoms with Gasteiger partial charge in [0.1, 0.15) is 0 Å². The first-order valence-corrected chi connectivity index (χ1v) is 4.89. The van der Waals surface area contributed by atoms with Gasteiger partial charge in [-0.15, -0.1) is 0 Å². The third kappa shape index (κ3) is 1.85. The van der Waals surface area contributed by atoms with Crippen LogP contribution in [-0.2, 0) is 0 Å². The average Bonchev–Trinajstić information content (AvgIpc) is 2.21. The monoisotopic (exact) mass is 182 g/mol. The van der Waals surface area contributed by atoms with Crippen LogP contribution < -0.4 is 0 Å². The van der Waals surface area contributed by atoms with E-state index < -0.39 is 0 Å². The van der Waals surface area contributed by atoms with E-state index in [1.807, 2.05) is 0 Å². The first kappa shape index (κ1) is 9.01. The topological polar surface area (TPSA) is 0 Å². The van der Waals surface area contributed by atoms with Gasteiger partial charge in [0.05, 0.1) is 0 Å². The zero-order chi connectivity index (χ0) is 9.97. The molecule has 70 valence electrons. The van der Waals surface area contributed by atoms with Crippen LogP contribution in [-0.4, -0.2) is 0 Å². The Balaban J connectivity index is 2.40. The number of hydrogen-bond acceptors (Lipinski definition) is 0. The molecule has 0 aliphatic heterocycles. The Labute approximate surface area is 85.2 Å². The molecule has 0 heteroatoms. The number of benzene rings is 2. The van der Waals surface area contributed by atoms with E-state index in [9.17, 15) is 0 Å². The van der Waals surface area contributed by atoms with Gasteiger partial charge < -0.3 is 0 Å². The van der Waals surface area contributed by atoms with Gasteiger partial charge in [0.15, 0.2) is 0 Å². The van der Waals surface area contributed by atoms with E-state index in [0.717, 1.165) is 0 Å². The van der Waals surface area contributed by atoms with Gasteiger partial charge >= 0.3 is 0 Å². The van der Waals surface area contributed by atoms with Gasteiger partial charge in [-0.05, 0) is 25.0 Å². The van der Waals surface area contributed by atoms with Crippen LogP contribution in [0.5, 0.6) is 0 Å². The standard InChI is InChI=1S/C14H14/c1-11-3-7-13(8-4-11)14-9-5-12(2)6-10-14/h3-10H,1-2H3. The van der Waals surface area contributed by atoms with Gasteiger partial charge in [0.25, 0.3) is 0 Å². The minimum atomic E-state index is 1.29. The summed E-state index contributed by atoms with van der Waals surface area (Å²) in [5.74, 6) is 0. The lowest BCUT2D eigenvalue weighted by Crippen LogP contribution is -1.78. The third-order valence-electron chi connectivity index (χ3n) is 2.44. The van der Waals surface area contributed by atoms with E-state index in [0.29, 0.717) is 0 Å². The summed E-state index contributed by atoms with van der Waals surface area (Å²) >= 11 is 0. The SMILES string of the molecule is Cc1ccc(-c2ccc(C)cc2)cc1. The molecule has 0 aliphatic carbocycles. The quantitative estimate of drug-likeness (QED) is 0.626. The highest BCUT2D eigenvalue weighted by Crippen LogP contribution is 2.19. The maximum atomic E-state index is 2.17. The highest BCUT2D eigenvalue weighted by atomic mass is 14.0. The largest absolute Gasteiger partial charge is 0.0587 e. The molecule has 2 rings (SSSR count). The summed E-state index contributed by atoms with van der Waals surface area (Å²) in [7, 11) is 0. The average molecular weight is 182 g/mol. The molecule has 0 aromatic heterocycles. The van der Waals surface area contributed by atoms with E-state index in [2.05, 4.69) is 62.4 Å². The molecular weight excluding hydrogens is 168 g/mol. The molecule has 0 amide bonds. The zero-order valence-electron chi connectivity index (χ0n) is 8.62. The van der Waals surface area contributed by atoms with Crippen LogP contribution in [0.1, 0.15) is 11.1 Å². The van der Waals surface area contributed by atoms with Crippen LogP contribution in [0, 0.1) is 13.8 Å². The fourth-order valence-electron chi connectivity index (χ4n) is 1.49. The first-order valence-electron chi connectivity index (χ1n) is 4.89. The van der Waals surface area contributed by atoms with E-state index in [-0.39, 0.29) is 0 Å². The van der Waals surface area contributed by atoms with Crippen LogP contribution >= 0.6 is 0 Å². The van der Waals surface area contributed by atoms with Crippen molar-refractivity contribution < 1.29 is 0 Å². The van der Waals surface area contributed by atoms with Gasteiger partial charge in [0, 0.05) is 0 Å². The zero-order valence-corrected chi connectivity index (χ0v) is 8.62. The predicted octanol–water partition coefficient (Wildman–Crippen LogP) is 3.97. The molecule has 0 unspecified atom stereocenters. The molecule has 0 nitrogen and oxygen atoms in total. The maximum Gasteiger partial charge on any atom is -0.0184 e. The highest BCUT2D eigenvalue weighted by Gasteiger charge is 1.95. The van der Waals surface area contributed by atoms with Crippen LogP contribution in [0.15, 0.2) is 48.5 Å². The lowest BCUT2D eigenvalue weighted by atomic mass is 10.0. The molecule has 0 bridgehead atoms. The van der Waals surface area contributed by atoms with E-state index in [1.54, 1.807) is 0 Å². The van der Waals surface area contributed by atoms with Crippen molar-refractivity contribution in [3.63, 3.8) is 0 Å². The van der Waals surface area contributed by atoms with Gasteiger partial charge in [-0.1, -0.05) is 59.7 Å². The second-order valence-electron chi connectivity index (χ2n) is 3.73. The molecule has 0 aliphatic rings. The van der Waals surface area contributed by atoms with Crippen LogP contribution in [0.4, 0.5) is 0 Å². The van der Waals surface area contributed by atoms with Crippen molar-refractivity contribution in [3.8, 4) is 11.1 Å². The second-order valence-corrected chi connectivity index (χ2v) is 3.73. The van der Waals surface area contributed by atoms with E-state index >= 15 is 0 Å². The van der Waals surface area contributed by atoms with Gasteiger partial charge in [0.2, 0.25) is 0 Å². The lowest BCUT2D eigenvalue weighted by Gasteiger charge is -2.02. The molecule has 14 heavy (non-hydrogen) atoms. The molecule has 0 spiro atoms. The minimum absolute atomic E-state index is 1.29. The number of hydrogen-bond donors (Lipinski definition) is 0. The Kier molecular flexibility index (Phi) is 2.36. The fourth-order valence-corrected chi connectivity index (χ4v) is 1.49. The summed E-state index contributed by atoms with van der Waals surface area (Å²) in [5.41, 5.74) is 5.19. The number of aryl methyl sites for hydroxylation is 2. The molecular formula is C14H14. The summed E-state index contributed by atoms with van der Waals surface area (Å²) in [4.78, 5) is 0. The van der Waals surface area contributed by atoms with E-state index in [1.165, 1.54) is 22.3 Å². The van der Waals surface area contributed by atoms with Crippen molar-refractivity contribution in [1.82, 2.24) is 0 Å². The maximum absolute atomic E-state index is 2.17. The number of rotatable bonds is 1. The molecule has 2 aromatic rings. The Bertz CT molecular complexity index is 363. The Morgan fingerprint density at radius 1 is 0.500 bits per heavy atom. The molecule has 0 heterocycles. The first-order chi connectivity index (χ1) is 6.75. The van der Waals surface area contributed by atoms with Crippen LogP contribution in [0.25, 0.3) is 11.1 Å². The minimum Gasteiger partial charge on any atom is -0.0587 e. The van der Waals surface area contributed by atoms with Gasteiger partial charge in [-0.2, -0.15) is 0 Å². The van der Waals surface area contributed by atoms with Crippen molar-refractivity contribution >= 4 is 0 Å². The summed E-state index contributed by atoms with van der Waals surface area (Å²) in [6.45, 7) is 4.22. The van der Waals surface area contributed by atoms with Crippen molar-refractivity contribution in [3.05, 3.63) is 59.7 Å². The molecule has 2 aromatic carbocycles. The Morgan fingerprint density at radius 2 is 0.786 bits per heavy atom.